The molecule has 1 aliphatic rings. The second-order valence-electron chi connectivity index (χ2n) is 4.44. The maximum absolute atomic E-state index is 11.1. The van der Waals surface area contributed by atoms with E-state index in [2.05, 4.69) is 0 Å². The van der Waals surface area contributed by atoms with Gasteiger partial charge in [-0.2, -0.15) is 0 Å². The third kappa shape index (κ3) is 2.97. The molecule has 1 aliphatic carbocycles. The molecule has 4 nitrogen and oxygen atoms in total. The molecule has 0 radical (unpaired) electrons. The maximum Gasteiger partial charge on any atom is 0.336 e. The molecule has 1 aromatic rings. The fourth-order valence-corrected chi connectivity index (χ4v) is 2.18. The van der Waals surface area contributed by atoms with E-state index in [1.807, 2.05) is 0 Å². The SMILES string of the molecule is Nc1ccc(COC2CCCC2)c(C(=O)O)c1. The maximum atomic E-state index is 11.1. The average Bonchev–Trinajstić information content (AvgIpc) is 2.80. The van der Waals surface area contributed by atoms with Gasteiger partial charge in [0.2, 0.25) is 0 Å². The molecule has 3 N–H and O–H groups in total. The summed E-state index contributed by atoms with van der Waals surface area (Å²) in [7, 11) is 0. The zero-order chi connectivity index (χ0) is 12.3. The van der Waals surface area contributed by atoms with Crippen LogP contribution in [0.3, 0.4) is 0 Å². The normalized spacial score (nSPS) is 16.2. The van der Waals surface area contributed by atoms with Gasteiger partial charge in [-0.25, -0.2) is 4.79 Å². The summed E-state index contributed by atoms with van der Waals surface area (Å²) in [5.74, 6) is -0.956. The summed E-state index contributed by atoms with van der Waals surface area (Å²) in [6, 6.07) is 4.92. The van der Waals surface area contributed by atoms with Crippen LogP contribution in [-0.4, -0.2) is 17.2 Å². The van der Waals surface area contributed by atoms with E-state index in [1.165, 1.54) is 18.9 Å². The molecule has 17 heavy (non-hydrogen) atoms. The molecule has 1 saturated carbocycles. The van der Waals surface area contributed by atoms with Crippen molar-refractivity contribution in [3.63, 3.8) is 0 Å². The Morgan fingerprint density at radius 3 is 2.76 bits per heavy atom. The number of aromatic carboxylic acids is 1. The van der Waals surface area contributed by atoms with E-state index in [0.29, 0.717) is 17.9 Å². The molecule has 0 aromatic heterocycles. The summed E-state index contributed by atoms with van der Waals surface area (Å²) in [5, 5.41) is 9.07. The summed E-state index contributed by atoms with van der Waals surface area (Å²) in [6.07, 6.45) is 4.86. The molecular weight excluding hydrogens is 218 g/mol. The van der Waals surface area contributed by atoms with E-state index in [1.54, 1.807) is 12.1 Å². The van der Waals surface area contributed by atoms with Gasteiger partial charge in [-0.3, -0.25) is 0 Å². The monoisotopic (exact) mass is 235 g/mol. The standard InChI is InChI=1S/C13H17NO3/c14-10-6-5-9(12(7-10)13(15)16)8-17-11-3-1-2-4-11/h5-7,11H,1-4,8,14H2,(H,15,16). The lowest BCUT2D eigenvalue weighted by molar-refractivity contribution is 0.0440. The highest BCUT2D eigenvalue weighted by Gasteiger charge is 2.17. The number of carbonyl (C=O) groups is 1. The first kappa shape index (κ1) is 11.9. The second kappa shape index (κ2) is 5.19. The fourth-order valence-electron chi connectivity index (χ4n) is 2.18. The Hall–Kier alpha value is -1.55. The number of benzene rings is 1. The van der Waals surface area contributed by atoms with E-state index in [9.17, 15) is 4.79 Å². The summed E-state index contributed by atoms with van der Waals surface area (Å²) < 4.78 is 5.72. The summed E-state index contributed by atoms with van der Waals surface area (Å²) >= 11 is 0. The van der Waals surface area contributed by atoms with Crippen LogP contribution in [0.15, 0.2) is 18.2 Å². The van der Waals surface area contributed by atoms with Crippen molar-refractivity contribution in [1.82, 2.24) is 0 Å². The van der Waals surface area contributed by atoms with Crippen LogP contribution in [0.4, 0.5) is 5.69 Å². The van der Waals surface area contributed by atoms with Crippen molar-refractivity contribution in [2.24, 2.45) is 0 Å². The molecule has 0 bridgehead atoms. The number of hydrogen-bond acceptors (Lipinski definition) is 3. The molecule has 0 spiro atoms. The van der Waals surface area contributed by atoms with E-state index >= 15 is 0 Å². The van der Waals surface area contributed by atoms with E-state index in [-0.39, 0.29) is 11.7 Å². The largest absolute Gasteiger partial charge is 0.478 e. The molecule has 2 rings (SSSR count). The molecule has 0 amide bonds. The molecule has 92 valence electrons. The van der Waals surface area contributed by atoms with Gasteiger partial charge in [0.05, 0.1) is 18.3 Å². The van der Waals surface area contributed by atoms with Crippen LogP contribution < -0.4 is 5.73 Å². The Morgan fingerprint density at radius 1 is 1.41 bits per heavy atom. The van der Waals surface area contributed by atoms with Crippen LogP contribution >= 0.6 is 0 Å². The minimum absolute atomic E-state index is 0.239. The van der Waals surface area contributed by atoms with Crippen LogP contribution in [-0.2, 0) is 11.3 Å². The first-order valence-electron chi connectivity index (χ1n) is 5.90. The number of nitrogens with two attached hydrogens (primary N) is 1. The fraction of sp³-hybridized carbons (Fsp3) is 0.462. The molecule has 0 unspecified atom stereocenters. The Labute approximate surface area is 100 Å². The summed E-state index contributed by atoms with van der Waals surface area (Å²) in [4.78, 5) is 11.1. The van der Waals surface area contributed by atoms with Gasteiger partial charge in [0.15, 0.2) is 0 Å². The molecule has 1 fully saturated rings. The third-order valence-corrected chi connectivity index (χ3v) is 3.14. The lowest BCUT2D eigenvalue weighted by Crippen LogP contribution is -2.10. The van der Waals surface area contributed by atoms with Crippen LogP contribution in [0.1, 0.15) is 41.6 Å². The van der Waals surface area contributed by atoms with Crippen molar-refractivity contribution in [1.29, 1.82) is 0 Å². The summed E-state index contributed by atoms with van der Waals surface area (Å²) in [5.41, 5.74) is 6.98. The van der Waals surface area contributed by atoms with Gasteiger partial charge in [-0.1, -0.05) is 18.9 Å². The van der Waals surface area contributed by atoms with E-state index in [0.717, 1.165) is 12.8 Å². The van der Waals surface area contributed by atoms with Crippen LogP contribution in [0, 0.1) is 0 Å². The molecule has 1 aromatic carbocycles. The molecule has 0 atom stereocenters. The van der Waals surface area contributed by atoms with Crippen molar-refractivity contribution in [3.05, 3.63) is 29.3 Å². The first-order valence-corrected chi connectivity index (χ1v) is 5.90. The second-order valence-corrected chi connectivity index (χ2v) is 4.44. The topological polar surface area (TPSA) is 72.5 Å². The predicted molar refractivity (Wildman–Crippen MR) is 64.9 cm³/mol. The van der Waals surface area contributed by atoms with Gasteiger partial charge in [0.25, 0.3) is 0 Å². The lowest BCUT2D eigenvalue weighted by atomic mass is 10.1. The van der Waals surface area contributed by atoms with Crippen LogP contribution in [0.25, 0.3) is 0 Å². The number of carboxylic acid groups (broad SMARTS) is 1. The van der Waals surface area contributed by atoms with Gasteiger partial charge in [0.1, 0.15) is 0 Å². The molecule has 0 aliphatic heterocycles. The quantitative estimate of drug-likeness (QED) is 0.786. The smallest absolute Gasteiger partial charge is 0.336 e. The lowest BCUT2D eigenvalue weighted by Gasteiger charge is -2.12. The van der Waals surface area contributed by atoms with Crippen LogP contribution in [0.2, 0.25) is 0 Å². The van der Waals surface area contributed by atoms with Crippen molar-refractivity contribution < 1.29 is 14.6 Å². The summed E-state index contributed by atoms with van der Waals surface area (Å²) in [6.45, 7) is 0.354. The number of carboxylic acids is 1. The molecule has 0 saturated heterocycles. The number of nitrogen functional groups attached to an aromatic ring is 1. The Kier molecular flexibility index (Phi) is 3.64. The van der Waals surface area contributed by atoms with Gasteiger partial charge in [-0.15, -0.1) is 0 Å². The van der Waals surface area contributed by atoms with Crippen molar-refractivity contribution in [2.75, 3.05) is 5.73 Å². The number of hydrogen-bond donors (Lipinski definition) is 2. The molecule has 0 heterocycles. The van der Waals surface area contributed by atoms with Gasteiger partial charge in [-0.05, 0) is 30.5 Å². The third-order valence-electron chi connectivity index (χ3n) is 3.14. The Bertz CT molecular complexity index is 411. The van der Waals surface area contributed by atoms with E-state index in [4.69, 9.17) is 15.6 Å². The van der Waals surface area contributed by atoms with Gasteiger partial charge in [0, 0.05) is 5.69 Å². The van der Waals surface area contributed by atoms with Crippen molar-refractivity contribution >= 4 is 11.7 Å². The van der Waals surface area contributed by atoms with Gasteiger partial charge < -0.3 is 15.6 Å². The van der Waals surface area contributed by atoms with Crippen molar-refractivity contribution in [2.45, 2.75) is 38.4 Å². The minimum atomic E-state index is -0.956. The average molecular weight is 235 g/mol. The van der Waals surface area contributed by atoms with Crippen molar-refractivity contribution in [3.8, 4) is 0 Å². The Balaban J connectivity index is 2.06. The van der Waals surface area contributed by atoms with E-state index < -0.39 is 5.97 Å². The highest BCUT2D eigenvalue weighted by Crippen LogP contribution is 2.23. The first-order chi connectivity index (χ1) is 8.16. The molecular formula is C13H17NO3. The zero-order valence-electron chi connectivity index (χ0n) is 9.69. The van der Waals surface area contributed by atoms with Gasteiger partial charge >= 0.3 is 5.97 Å². The number of anilines is 1. The number of rotatable bonds is 4. The Morgan fingerprint density at radius 2 is 2.12 bits per heavy atom. The predicted octanol–water partition coefficient (Wildman–Crippen LogP) is 2.43. The minimum Gasteiger partial charge on any atom is -0.478 e. The van der Waals surface area contributed by atoms with Crippen LogP contribution in [0.5, 0.6) is 0 Å². The highest BCUT2D eigenvalue weighted by atomic mass is 16.5. The zero-order valence-corrected chi connectivity index (χ0v) is 9.69. The molecule has 4 heteroatoms. The highest BCUT2D eigenvalue weighted by molar-refractivity contribution is 5.90. The number of ether oxygens (including phenoxy) is 1.